The third-order valence-electron chi connectivity index (χ3n) is 4.48. The average molecular weight is 430 g/mol. The Balaban J connectivity index is 0.00000256. The molecular formula is C21H21ClFN5O2. The smallest absolute Gasteiger partial charge is 0.261 e. The van der Waals surface area contributed by atoms with Crippen molar-refractivity contribution in [2.75, 3.05) is 19.0 Å². The van der Waals surface area contributed by atoms with Gasteiger partial charge in [-0.3, -0.25) is 0 Å². The third-order valence-corrected chi connectivity index (χ3v) is 4.48. The average Bonchev–Trinajstić information content (AvgIpc) is 3.17. The van der Waals surface area contributed by atoms with Crippen molar-refractivity contribution in [2.24, 2.45) is 0 Å². The van der Waals surface area contributed by atoms with Crippen LogP contribution >= 0.6 is 12.4 Å². The van der Waals surface area contributed by atoms with Crippen molar-refractivity contribution in [1.29, 1.82) is 0 Å². The number of hydrogen-bond donors (Lipinski definition) is 1. The van der Waals surface area contributed by atoms with E-state index < -0.39 is 0 Å². The van der Waals surface area contributed by atoms with E-state index in [1.165, 1.54) is 6.07 Å². The zero-order valence-electron chi connectivity index (χ0n) is 16.8. The summed E-state index contributed by atoms with van der Waals surface area (Å²) in [5, 5.41) is 7.89. The van der Waals surface area contributed by atoms with Gasteiger partial charge in [0.2, 0.25) is 0 Å². The topological polar surface area (TPSA) is 86.0 Å². The molecule has 9 heteroatoms. The molecule has 156 valence electrons. The third kappa shape index (κ3) is 4.39. The number of methoxy groups -OCH3 is 1. The molecule has 4 rings (SSSR count). The molecule has 0 saturated heterocycles. The van der Waals surface area contributed by atoms with Crippen LogP contribution in [-0.2, 0) is 11.2 Å². The number of benzene rings is 1. The van der Waals surface area contributed by atoms with Crippen LogP contribution in [0.15, 0.2) is 41.1 Å². The monoisotopic (exact) mass is 429 g/mol. The summed E-state index contributed by atoms with van der Waals surface area (Å²) in [7, 11) is 1.61. The van der Waals surface area contributed by atoms with Gasteiger partial charge in [0.05, 0.1) is 23.5 Å². The molecular weight excluding hydrogens is 409 g/mol. The number of fused-ring (bicyclic) bond motifs is 1. The zero-order chi connectivity index (χ0) is 20.4. The number of nitrogens with zero attached hydrogens (tertiary/aromatic N) is 4. The maximum atomic E-state index is 14.5. The summed E-state index contributed by atoms with van der Waals surface area (Å²) in [5.41, 5.74) is 3.73. The van der Waals surface area contributed by atoms with E-state index in [0.717, 1.165) is 16.6 Å². The van der Waals surface area contributed by atoms with E-state index in [0.29, 0.717) is 47.3 Å². The first kappa shape index (κ1) is 21.6. The minimum absolute atomic E-state index is 0. The molecule has 7 nitrogen and oxygen atoms in total. The highest BCUT2D eigenvalue weighted by Gasteiger charge is 2.18. The Bertz CT molecular complexity index is 1180. The Morgan fingerprint density at radius 3 is 2.73 bits per heavy atom. The van der Waals surface area contributed by atoms with Gasteiger partial charge in [-0.2, -0.15) is 4.98 Å². The van der Waals surface area contributed by atoms with Gasteiger partial charge < -0.3 is 14.6 Å². The van der Waals surface area contributed by atoms with E-state index in [1.807, 2.05) is 32.0 Å². The van der Waals surface area contributed by atoms with E-state index in [2.05, 4.69) is 25.4 Å². The van der Waals surface area contributed by atoms with Crippen LogP contribution in [0, 0.1) is 19.7 Å². The molecule has 0 fully saturated rings. The van der Waals surface area contributed by atoms with Gasteiger partial charge in [0.25, 0.3) is 5.89 Å². The molecule has 0 aliphatic carbocycles. The number of hydrogen-bond acceptors (Lipinski definition) is 7. The minimum Gasteiger partial charge on any atom is -0.384 e. The standard InChI is InChI=1S/C21H20FN5O2.ClH/c1-12-4-7-17(16(22)10-12)25-19-14-6-5-13(2)24-20(14)23-11-15(19)21-26-18(27-29-21)8-9-28-3;/h4-7,10-11H,8-9H2,1-3H3,(H,23,24,25);1H. The quantitative estimate of drug-likeness (QED) is 0.471. The van der Waals surface area contributed by atoms with Crippen molar-refractivity contribution in [3.63, 3.8) is 0 Å². The molecule has 3 heterocycles. The molecule has 0 radical (unpaired) electrons. The largest absolute Gasteiger partial charge is 0.384 e. The molecule has 0 bridgehead atoms. The molecule has 0 aliphatic heterocycles. The summed E-state index contributed by atoms with van der Waals surface area (Å²) >= 11 is 0. The molecule has 0 amide bonds. The Kier molecular flexibility index (Phi) is 6.59. The number of aromatic nitrogens is 4. The number of halogens is 2. The predicted molar refractivity (Wildman–Crippen MR) is 115 cm³/mol. The number of ether oxygens (including phenoxy) is 1. The van der Waals surface area contributed by atoms with Gasteiger partial charge in [-0.1, -0.05) is 11.2 Å². The Labute approximate surface area is 179 Å². The molecule has 0 saturated carbocycles. The summed E-state index contributed by atoms with van der Waals surface area (Å²) in [4.78, 5) is 13.3. The van der Waals surface area contributed by atoms with E-state index in [9.17, 15) is 4.39 Å². The Morgan fingerprint density at radius 2 is 1.97 bits per heavy atom. The Hall–Kier alpha value is -3.10. The van der Waals surface area contributed by atoms with Crippen LogP contribution in [0.3, 0.4) is 0 Å². The lowest BCUT2D eigenvalue weighted by molar-refractivity contribution is 0.199. The van der Waals surface area contributed by atoms with Crippen LogP contribution in [0.2, 0.25) is 0 Å². The lowest BCUT2D eigenvalue weighted by Crippen LogP contribution is -2.00. The molecule has 1 N–H and O–H groups in total. The number of aryl methyl sites for hydroxylation is 2. The number of nitrogens with one attached hydrogen (secondary N) is 1. The van der Waals surface area contributed by atoms with Crippen molar-refractivity contribution in [3.05, 3.63) is 59.4 Å². The number of pyridine rings is 2. The highest BCUT2D eigenvalue weighted by Crippen LogP contribution is 2.35. The van der Waals surface area contributed by atoms with Crippen LogP contribution in [0.4, 0.5) is 15.8 Å². The molecule has 0 aliphatic rings. The van der Waals surface area contributed by atoms with Crippen molar-refractivity contribution >= 4 is 34.8 Å². The van der Waals surface area contributed by atoms with Crippen LogP contribution in [0.5, 0.6) is 0 Å². The molecule has 0 atom stereocenters. The first-order valence-electron chi connectivity index (χ1n) is 9.16. The van der Waals surface area contributed by atoms with Crippen LogP contribution < -0.4 is 5.32 Å². The van der Waals surface area contributed by atoms with Gasteiger partial charge >= 0.3 is 0 Å². The fourth-order valence-electron chi connectivity index (χ4n) is 2.98. The van der Waals surface area contributed by atoms with E-state index >= 15 is 0 Å². The highest BCUT2D eigenvalue weighted by atomic mass is 35.5. The van der Waals surface area contributed by atoms with Gasteiger partial charge in [-0.25, -0.2) is 14.4 Å². The summed E-state index contributed by atoms with van der Waals surface area (Å²) < 4.78 is 25.0. The molecule has 0 spiro atoms. The molecule has 1 aromatic carbocycles. The van der Waals surface area contributed by atoms with E-state index in [-0.39, 0.29) is 18.2 Å². The van der Waals surface area contributed by atoms with E-state index in [1.54, 1.807) is 19.4 Å². The van der Waals surface area contributed by atoms with Crippen LogP contribution in [0.25, 0.3) is 22.5 Å². The predicted octanol–water partition coefficient (Wildman–Crippen LogP) is 4.79. The molecule has 4 aromatic rings. The SMILES string of the molecule is COCCc1noc(-c2cnc3nc(C)ccc3c2Nc2ccc(C)cc2F)n1.Cl. The van der Waals surface area contributed by atoms with Crippen molar-refractivity contribution in [2.45, 2.75) is 20.3 Å². The first-order chi connectivity index (χ1) is 14.0. The van der Waals surface area contributed by atoms with Crippen LogP contribution in [0.1, 0.15) is 17.1 Å². The maximum absolute atomic E-state index is 14.5. The zero-order valence-corrected chi connectivity index (χ0v) is 17.6. The second-order valence-electron chi connectivity index (χ2n) is 6.74. The highest BCUT2D eigenvalue weighted by molar-refractivity contribution is 5.98. The van der Waals surface area contributed by atoms with Gasteiger partial charge in [0.1, 0.15) is 5.82 Å². The lowest BCUT2D eigenvalue weighted by Gasteiger charge is -2.13. The lowest BCUT2D eigenvalue weighted by atomic mass is 10.1. The number of anilines is 2. The van der Waals surface area contributed by atoms with Crippen molar-refractivity contribution in [1.82, 2.24) is 20.1 Å². The van der Waals surface area contributed by atoms with Crippen LogP contribution in [-0.4, -0.2) is 33.8 Å². The normalized spacial score (nSPS) is 10.8. The maximum Gasteiger partial charge on any atom is 0.261 e. The second kappa shape index (κ2) is 9.15. The van der Waals surface area contributed by atoms with Gasteiger partial charge in [0, 0.05) is 30.8 Å². The Morgan fingerprint density at radius 1 is 1.13 bits per heavy atom. The number of rotatable bonds is 6. The van der Waals surface area contributed by atoms with Gasteiger partial charge in [-0.05, 0) is 43.7 Å². The first-order valence-corrected chi connectivity index (χ1v) is 9.16. The fourth-order valence-corrected chi connectivity index (χ4v) is 2.98. The summed E-state index contributed by atoms with van der Waals surface area (Å²) in [6, 6.07) is 8.78. The summed E-state index contributed by atoms with van der Waals surface area (Å²) in [5.74, 6) is 0.463. The fraction of sp³-hybridized carbons (Fsp3) is 0.238. The molecule has 0 unspecified atom stereocenters. The summed E-state index contributed by atoms with van der Waals surface area (Å²) in [6.45, 7) is 4.21. The van der Waals surface area contributed by atoms with Gasteiger partial charge in [-0.15, -0.1) is 12.4 Å². The van der Waals surface area contributed by atoms with E-state index in [4.69, 9.17) is 9.26 Å². The van der Waals surface area contributed by atoms with Crippen molar-refractivity contribution in [3.8, 4) is 11.5 Å². The second-order valence-corrected chi connectivity index (χ2v) is 6.74. The molecule has 3 aromatic heterocycles. The summed E-state index contributed by atoms with van der Waals surface area (Å²) in [6.07, 6.45) is 2.13. The minimum atomic E-state index is -0.354. The van der Waals surface area contributed by atoms with Crippen molar-refractivity contribution < 1.29 is 13.7 Å². The molecule has 30 heavy (non-hydrogen) atoms. The van der Waals surface area contributed by atoms with Gasteiger partial charge in [0.15, 0.2) is 11.5 Å².